The fourth-order valence-corrected chi connectivity index (χ4v) is 3.04. The lowest BCUT2D eigenvalue weighted by Gasteiger charge is -2.33. The van der Waals surface area contributed by atoms with Gasteiger partial charge in [0.05, 0.1) is 12.0 Å². The Hall–Kier alpha value is -1.53. The van der Waals surface area contributed by atoms with Gasteiger partial charge in [-0.3, -0.25) is 9.69 Å². The molecule has 0 aliphatic carbocycles. The monoisotopic (exact) mass is 340 g/mol. The summed E-state index contributed by atoms with van der Waals surface area (Å²) >= 11 is 0. The molecule has 2 atom stereocenters. The molecular weight excluding hydrogens is 314 g/mol. The SMILES string of the molecule is CCCCNC(=O)[C@@H]1CCCN(C[C@@H](O)c2ccc(F)c(F)c2)C1. The minimum absolute atomic E-state index is 0.0652. The number of aliphatic hydroxyl groups is 1. The van der Waals surface area contributed by atoms with Crippen molar-refractivity contribution >= 4 is 5.91 Å². The molecule has 6 heteroatoms. The molecule has 1 fully saturated rings. The molecule has 0 bridgehead atoms. The average Bonchev–Trinajstić information content (AvgIpc) is 2.57. The third kappa shape index (κ3) is 5.24. The van der Waals surface area contributed by atoms with Gasteiger partial charge in [0.25, 0.3) is 0 Å². The van der Waals surface area contributed by atoms with E-state index in [9.17, 15) is 18.7 Å². The van der Waals surface area contributed by atoms with Crippen LogP contribution in [0.5, 0.6) is 0 Å². The fraction of sp³-hybridized carbons (Fsp3) is 0.611. The van der Waals surface area contributed by atoms with E-state index in [-0.39, 0.29) is 11.8 Å². The molecule has 2 N–H and O–H groups in total. The number of rotatable bonds is 7. The molecule has 1 aliphatic heterocycles. The Morgan fingerprint density at radius 3 is 2.92 bits per heavy atom. The second-order valence-electron chi connectivity index (χ2n) is 6.43. The normalized spacial score (nSPS) is 19.9. The molecule has 1 aromatic rings. The zero-order valence-electron chi connectivity index (χ0n) is 14.1. The van der Waals surface area contributed by atoms with Gasteiger partial charge in [-0.1, -0.05) is 19.4 Å². The Morgan fingerprint density at radius 2 is 2.21 bits per heavy atom. The largest absolute Gasteiger partial charge is 0.387 e. The smallest absolute Gasteiger partial charge is 0.224 e. The van der Waals surface area contributed by atoms with Gasteiger partial charge in [-0.05, 0) is 43.5 Å². The molecule has 1 aromatic carbocycles. The molecule has 1 amide bonds. The lowest BCUT2D eigenvalue weighted by atomic mass is 9.96. The second-order valence-corrected chi connectivity index (χ2v) is 6.43. The van der Waals surface area contributed by atoms with E-state index in [0.717, 1.165) is 44.4 Å². The van der Waals surface area contributed by atoms with Crippen molar-refractivity contribution in [2.45, 2.75) is 38.7 Å². The topological polar surface area (TPSA) is 52.6 Å². The van der Waals surface area contributed by atoms with Gasteiger partial charge in [0.1, 0.15) is 0 Å². The highest BCUT2D eigenvalue weighted by atomic mass is 19.2. The first-order valence-electron chi connectivity index (χ1n) is 8.64. The number of unbranched alkanes of at least 4 members (excludes halogenated alkanes) is 1. The number of nitrogens with zero attached hydrogens (tertiary/aromatic N) is 1. The Labute approximate surface area is 141 Å². The predicted molar refractivity (Wildman–Crippen MR) is 88.4 cm³/mol. The van der Waals surface area contributed by atoms with Gasteiger partial charge in [0.2, 0.25) is 5.91 Å². The number of nitrogens with one attached hydrogen (secondary N) is 1. The highest BCUT2D eigenvalue weighted by molar-refractivity contribution is 5.78. The van der Waals surface area contributed by atoms with E-state index in [2.05, 4.69) is 12.2 Å². The van der Waals surface area contributed by atoms with E-state index in [1.54, 1.807) is 0 Å². The van der Waals surface area contributed by atoms with E-state index < -0.39 is 17.7 Å². The van der Waals surface area contributed by atoms with Crippen LogP contribution in [0.15, 0.2) is 18.2 Å². The minimum Gasteiger partial charge on any atom is -0.387 e. The van der Waals surface area contributed by atoms with Crippen molar-refractivity contribution in [1.29, 1.82) is 0 Å². The lowest BCUT2D eigenvalue weighted by molar-refractivity contribution is -0.126. The van der Waals surface area contributed by atoms with Crippen LogP contribution in [0.1, 0.15) is 44.3 Å². The number of benzene rings is 1. The number of hydrogen-bond acceptors (Lipinski definition) is 3. The van der Waals surface area contributed by atoms with Crippen LogP contribution >= 0.6 is 0 Å². The van der Waals surface area contributed by atoms with E-state index in [1.807, 2.05) is 4.90 Å². The highest BCUT2D eigenvalue weighted by Gasteiger charge is 2.27. The summed E-state index contributed by atoms with van der Waals surface area (Å²) in [5, 5.41) is 13.2. The van der Waals surface area contributed by atoms with E-state index in [0.29, 0.717) is 25.2 Å². The van der Waals surface area contributed by atoms with Crippen molar-refractivity contribution in [2.75, 3.05) is 26.2 Å². The number of carbonyl (C=O) groups excluding carboxylic acids is 1. The molecule has 1 heterocycles. The Morgan fingerprint density at radius 1 is 1.42 bits per heavy atom. The van der Waals surface area contributed by atoms with Crippen LogP contribution in [0.2, 0.25) is 0 Å². The van der Waals surface area contributed by atoms with Crippen LogP contribution < -0.4 is 5.32 Å². The Bertz CT molecular complexity index is 554. The fourth-order valence-electron chi connectivity index (χ4n) is 3.04. The minimum atomic E-state index is -0.960. The summed E-state index contributed by atoms with van der Waals surface area (Å²) in [6.45, 7) is 4.46. The highest BCUT2D eigenvalue weighted by Crippen LogP contribution is 2.22. The van der Waals surface area contributed by atoms with Gasteiger partial charge in [0.15, 0.2) is 11.6 Å². The molecule has 0 aromatic heterocycles. The Kier molecular flexibility index (Phi) is 7.12. The summed E-state index contributed by atoms with van der Waals surface area (Å²) in [6.07, 6.45) is 2.84. The van der Waals surface area contributed by atoms with E-state index in [4.69, 9.17) is 0 Å². The van der Waals surface area contributed by atoms with Crippen molar-refractivity contribution in [2.24, 2.45) is 5.92 Å². The van der Waals surface area contributed by atoms with Crippen LogP contribution in [-0.4, -0.2) is 42.1 Å². The van der Waals surface area contributed by atoms with Crippen LogP contribution in [-0.2, 0) is 4.79 Å². The number of halogens is 2. The number of piperidine rings is 1. The zero-order valence-corrected chi connectivity index (χ0v) is 14.1. The number of carbonyl (C=O) groups is 1. The predicted octanol–water partition coefficient (Wildman–Crippen LogP) is 2.63. The van der Waals surface area contributed by atoms with Crippen molar-refractivity contribution < 1.29 is 18.7 Å². The maximum absolute atomic E-state index is 13.3. The summed E-state index contributed by atoms with van der Waals surface area (Å²) in [6, 6.07) is 3.44. The molecule has 2 rings (SSSR count). The lowest BCUT2D eigenvalue weighted by Crippen LogP contribution is -2.44. The first-order chi connectivity index (χ1) is 11.5. The summed E-state index contributed by atoms with van der Waals surface area (Å²) in [5.74, 6) is -1.89. The van der Waals surface area contributed by atoms with Crippen LogP contribution in [0.25, 0.3) is 0 Å². The summed E-state index contributed by atoms with van der Waals surface area (Å²) < 4.78 is 26.3. The third-order valence-electron chi connectivity index (χ3n) is 4.47. The first-order valence-corrected chi connectivity index (χ1v) is 8.64. The summed E-state index contributed by atoms with van der Waals surface area (Å²) in [7, 11) is 0. The number of likely N-dealkylation sites (tertiary alicyclic amines) is 1. The van der Waals surface area contributed by atoms with Crippen LogP contribution in [0.4, 0.5) is 8.78 Å². The van der Waals surface area contributed by atoms with Crippen LogP contribution in [0, 0.1) is 17.6 Å². The Balaban J connectivity index is 1.87. The molecular formula is C18H26F2N2O2. The molecule has 0 radical (unpaired) electrons. The molecule has 4 nitrogen and oxygen atoms in total. The summed E-state index contributed by atoms with van der Waals surface area (Å²) in [4.78, 5) is 14.2. The molecule has 0 saturated carbocycles. The van der Waals surface area contributed by atoms with Gasteiger partial charge >= 0.3 is 0 Å². The zero-order chi connectivity index (χ0) is 17.5. The maximum atomic E-state index is 13.3. The molecule has 134 valence electrons. The average molecular weight is 340 g/mol. The first kappa shape index (κ1) is 18.8. The molecule has 0 unspecified atom stereocenters. The number of amides is 1. The number of aliphatic hydroxyl groups excluding tert-OH is 1. The van der Waals surface area contributed by atoms with Crippen molar-refractivity contribution in [1.82, 2.24) is 10.2 Å². The molecule has 24 heavy (non-hydrogen) atoms. The maximum Gasteiger partial charge on any atom is 0.224 e. The molecule has 1 aliphatic rings. The van der Waals surface area contributed by atoms with Crippen molar-refractivity contribution in [3.05, 3.63) is 35.4 Å². The van der Waals surface area contributed by atoms with Gasteiger partial charge in [-0.25, -0.2) is 8.78 Å². The van der Waals surface area contributed by atoms with E-state index >= 15 is 0 Å². The van der Waals surface area contributed by atoms with Gasteiger partial charge in [0, 0.05) is 19.6 Å². The quantitative estimate of drug-likeness (QED) is 0.750. The third-order valence-corrected chi connectivity index (χ3v) is 4.47. The van der Waals surface area contributed by atoms with Crippen molar-refractivity contribution in [3.8, 4) is 0 Å². The van der Waals surface area contributed by atoms with Crippen molar-refractivity contribution in [3.63, 3.8) is 0 Å². The second kappa shape index (κ2) is 9.08. The molecule has 0 spiro atoms. The van der Waals surface area contributed by atoms with E-state index in [1.165, 1.54) is 6.07 Å². The van der Waals surface area contributed by atoms with Gasteiger partial charge in [-0.2, -0.15) is 0 Å². The van der Waals surface area contributed by atoms with Gasteiger partial charge in [-0.15, -0.1) is 0 Å². The standard InChI is InChI=1S/C18H26F2N2O2/c1-2-3-8-21-18(24)14-5-4-9-22(11-14)12-17(23)13-6-7-15(19)16(20)10-13/h6-7,10,14,17,23H,2-5,8-9,11-12H2,1H3,(H,21,24)/t14-,17-/m1/s1. The number of β-amino-alcohol motifs (C(OH)–C–C–N with tert-alkyl or cyclic N) is 1. The van der Waals surface area contributed by atoms with Crippen LogP contribution in [0.3, 0.4) is 0 Å². The van der Waals surface area contributed by atoms with Gasteiger partial charge < -0.3 is 10.4 Å². The number of hydrogen-bond donors (Lipinski definition) is 2. The molecule has 1 saturated heterocycles. The summed E-state index contributed by atoms with van der Waals surface area (Å²) in [5.41, 5.74) is 0.350.